The standard InChI is InChI=1S/C26H30N6O/c33-25-4-2-1-3-22(25)23-15-24-26(30-29-23)28-16-21-17-31(13-14-32(21)24)20-7-5-18(6-8-20)19-9-11-27-12-10-19/h1-8,15,19,21,27,33H,9-14,16-17H2,(H,28,30)/t21-/m0/s1. The van der Waals surface area contributed by atoms with Crippen LogP contribution in [0.2, 0.25) is 0 Å². The van der Waals surface area contributed by atoms with Gasteiger partial charge in [-0.05, 0) is 67.7 Å². The zero-order chi connectivity index (χ0) is 22.2. The Kier molecular flexibility index (Phi) is 5.26. The van der Waals surface area contributed by atoms with E-state index in [1.54, 1.807) is 6.07 Å². The van der Waals surface area contributed by atoms with E-state index < -0.39 is 0 Å². The molecule has 2 aromatic carbocycles. The molecular formula is C26H30N6O. The maximum atomic E-state index is 10.3. The number of rotatable bonds is 3. The first-order valence-electron chi connectivity index (χ1n) is 12.0. The van der Waals surface area contributed by atoms with Gasteiger partial charge in [-0.15, -0.1) is 10.2 Å². The largest absolute Gasteiger partial charge is 0.507 e. The van der Waals surface area contributed by atoms with E-state index in [0.717, 1.165) is 50.8 Å². The third-order valence-corrected chi connectivity index (χ3v) is 7.32. The summed E-state index contributed by atoms with van der Waals surface area (Å²) in [7, 11) is 0. The molecule has 0 saturated carbocycles. The second-order valence-corrected chi connectivity index (χ2v) is 9.27. The molecule has 3 aliphatic rings. The Morgan fingerprint density at radius 2 is 1.76 bits per heavy atom. The van der Waals surface area contributed by atoms with Gasteiger partial charge >= 0.3 is 0 Å². The minimum absolute atomic E-state index is 0.227. The molecular weight excluding hydrogens is 412 g/mol. The van der Waals surface area contributed by atoms with Gasteiger partial charge < -0.3 is 25.5 Å². The Balaban J connectivity index is 1.20. The number of phenolic OH excluding ortho intramolecular Hbond substituents is 1. The lowest BCUT2D eigenvalue weighted by atomic mass is 9.90. The Morgan fingerprint density at radius 1 is 0.939 bits per heavy atom. The van der Waals surface area contributed by atoms with Crippen LogP contribution in [-0.4, -0.2) is 60.6 Å². The van der Waals surface area contributed by atoms with Gasteiger partial charge in [-0.2, -0.15) is 0 Å². The number of phenols is 1. The van der Waals surface area contributed by atoms with Crippen molar-refractivity contribution in [3.05, 3.63) is 60.2 Å². The van der Waals surface area contributed by atoms with Crippen LogP contribution in [-0.2, 0) is 0 Å². The molecule has 3 aromatic rings. The number of piperazine rings is 1. The van der Waals surface area contributed by atoms with Gasteiger partial charge in [-0.1, -0.05) is 24.3 Å². The van der Waals surface area contributed by atoms with Crippen LogP contribution in [0.3, 0.4) is 0 Å². The van der Waals surface area contributed by atoms with Crippen molar-refractivity contribution in [2.45, 2.75) is 24.8 Å². The number of anilines is 3. The van der Waals surface area contributed by atoms with Gasteiger partial charge in [0.05, 0.1) is 17.4 Å². The van der Waals surface area contributed by atoms with Crippen molar-refractivity contribution in [3.8, 4) is 17.0 Å². The molecule has 33 heavy (non-hydrogen) atoms. The molecule has 0 aliphatic carbocycles. The minimum atomic E-state index is 0.227. The highest BCUT2D eigenvalue weighted by Crippen LogP contribution is 2.36. The van der Waals surface area contributed by atoms with Gasteiger partial charge in [-0.25, -0.2) is 0 Å². The average Bonchev–Trinajstić information content (AvgIpc) is 2.89. The van der Waals surface area contributed by atoms with Crippen LogP contribution in [0, 0.1) is 0 Å². The summed E-state index contributed by atoms with van der Waals surface area (Å²) < 4.78 is 0. The Morgan fingerprint density at radius 3 is 2.58 bits per heavy atom. The van der Waals surface area contributed by atoms with Gasteiger partial charge in [0, 0.05) is 37.4 Å². The average molecular weight is 443 g/mol. The van der Waals surface area contributed by atoms with Crippen molar-refractivity contribution in [1.29, 1.82) is 0 Å². The van der Waals surface area contributed by atoms with E-state index in [9.17, 15) is 5.11 Å². The molecule has 3 aliphatic heterocycles. The van der Waals surface area contributed by atoms with Crippen LogP contribution >= 0.6 is 0 Å². The van der Waals surface area contributed by atoms with Crippen molar-refractivity contribution in [3.63, 3.8) is 0 Å². The zero-order valence-corrected chi connectivity index (χ0v) is 18.7. The fourth-order valence-electron chi connectivity index (χ4n) is 5.46. The highest BCUT2D eigenvalue weighted by molar-refractivity contribution is 5.76. The van der Waals surface area contributed by atoms with E-state index in [4.69, 9.17) is 0 Å². The van der Waals surface area contributed by atoms with Gasteiger partial charge in [0.15, 0.2) is 5.82 Å². The van der Waals surface area contributed by atoms with Crippen LogP contribution in [0.5, 0.6) is 5.75 Å². The number of benzene rings is 2. The number of hydrogen-bond donors (Lipinski definition) is 3. The number of para-hydroxylation sites is 1. The molecule has 2 fully saturated rings. The normalized spacial score (nSPS) is 20.7. The molecule has 6 rings (SSSR count). The van der Waals surface area contributed by atoms with Crippen LogP contribution in [0.1, 0.15) is 24.3 Å². The molecule has 7 nitrogen and oxygen atoms in total. The summed E-state index contributed by atoms with van der Waals surface area (Å²) in [6.45, 7) is 5.97. The van der Waals surface area contributed by atoms with Crippen LogP contribution < -0.4 is 20.4 Å². The second-order valence-electron chi connectivity index (χ2n) is 9.27. The predicted molar refractivity (Wildman–Crippen MR) is 132 cm³/mol. The lowest BCUT2D eigenvalue weighted by molar-refractivity contribution is 0.460. The van der Waals surface area contributed by atoms with Gasteiger partial charge in [0.2, 0.25) is 0 Å². The summed E-state index contributed by atoms with van der Waals surface area (Å²) in [5.74, 6) is 1.74. The van der Waals surface area contributed by atoms with E-state index in [2.05, 4.69) is 61.0 Å². The zero-order valence-electron chi connectivity index (χ0n) is 18.7. The molecule has 0 spiro atoms. The predicted octanol–water partition coefficient (Wildman–Crippen LogP) is 3.44. The molecule has 7 heteroatoms. The number of nitrogens with one attached hydrogen (secondary N) is 2. The molecule has 0 radical (unpaired) electrons. The van der Waals surface area contributed by atoms with E-state index in [-0.39, 0.29) is 5.75 Å². The number of aromatic hydroxyl groups is 1. The monoisotopic (exact) mass is 442 g/mol. The Labute approximate surface area is 194 Å². The van der Waals surface area contributed by atoms with Crippen molar-refractivity contribution in [1.82, 2.24) is 15.5 Å². The molecule has 3 N–H and O–H groups in total. The lowest BCUT2D eigenvalue weighted by Crippen LogP contribution is -2.58. The summed E-state index contributed by atoms with van der Waals surface area (Å²) in [6, 6.07) is 19.0. The van der Waals surface area contributed by atoms with E-state index in [0.29, 0.717) is 23.2 Å². The SMILES string of the molecule is Oc1ccccc1-c1cc2c(nn1)NC[C@H]1CN(c3ccc(C4CCNCC4)cc3)CCN21. The van der Waals surface area contributed by atoms with Crippen LogP contribution in [0.4, 0.5) is 17.2 Å². The Bertz CT molecular complexity index is 1130. The number of aromatic nitrogens is 2. The highest BCUT2D eigenvalue weighted by Gasteiger charge is 2.33. The smallest absolute Gasteiger partial charge is 0.172 e. The van der Waals surface area contributed by atoms with E-state index >= 15 is 0 Å². The topological polar surface area (TPSA) is 76.5 Å². The van der Waals surface area contributed by atoms with Crippen LogP contribution in [0.25, 0.3) is 11.3 Å². The van der Waals surface area contributed by atoms with E-state index in [1.807, 2.05) is 18.2 Å². The highest BCUT2D eigenvalue weighted by atomic mass is 16.3. The quantitative estimate of drug-likeness (QED) is 0.574. The minimum Gasteiger partial charge on any atom is -0.507 e. The first-order valence-corrected chi connectivity index (χ1v) is 12.0. The second kappa shape index (κ2) is 8.56. The van der Waals surface area contributed by atoms with Gasteiger partial charge in [-0.3, -0.25) is 0 Å². The molecule has 0 amide bonds. The van der Waals surface area contributed by atoms with Gasteiger partial charge in [0.1, 0.15) is 5.75 Å². The lowest BCUT2D eigenvalue weighted by Gasteiger charge is -2.46. The first kappa shape index (κ1) is 20.3. The maximum Gasteiger partial charge on any atom is 0.172 e. The summed E-state index contributed by atoms with van der Waals surface area (Å²) in [4.78, 5) is 4.95. The van der Waals surface area contributed by atoms with Crippen molar-refractivity contribution in [2.24, 2.45) is 0 Å². The molecule has 0 bridgehead atoms. The number of nitrogens with zero attached hydrogens (tertiary/aromatic N) is 4. The third-order valence-electron chi connectivity index (χ3n) is 7.32. The van der Waals surface area contributed by atoms with Crippen LogP contribution in [0.15, 0.2) is 54.6 Å². The fourth-order valence-corrected chi connectivity index (χ4v) is 5.46. The first-order chi connectivity index (χ1) is 16.3. The number of piperidine rings is 1. The summed E-state index contributed by atoms with van der Waals surface area (Å²) in [5.41, 5.74) is 5.26. The summed E-state index contributed by atoms with van der Waals surface area (Å²) in [6.07, 6.45) is 2.47. The summed E-state index contributed by atoms with van der Waals surface area (Å²) >= 11 is 0. The molecule has 170 valence electrons. The fraction of sp³-hybridized carbons (Fsp3) is 0.385. The van der Waals surface area contributed by atoms with Gasteiger partial charge in [0.25, 0.3) is 0 Å². The number of fused-ring (bicyclic) bond motifs is 3. The van der Waals surface area contributed by atoms with Crippen molar-refractivity contribution < 1.29 is 5.11 Å². The maximum absolute atomic E-state index is 10.3. The summed E-state index contributed by atoms with van der Waals surface area (Å²) in [5, 5.41) is 26.0. The number of hydrogen-bond acceptors (Lipinski definition) is 7. The molecule has 2 saturated heterocycles. The molecule has 4 heterocycles. The molecule has 1 atom stereocenters. The third kappa shape index (κ3) is 3.86. The molecule has 1 aromatic heterocycles. The van der Waals surface area contributed by atoms with E-state index in [1.165, 1.54) is 24.1 Å². The molecule has 0 unspecified atom stereocenters. The van der Waals surface area contributed by atoms with Crippen molar-refractivity contribution >= 4 is 17.2 Å². The van der Waals surface area contributed by atoms with Crippen molar-refractivity contribution in [2.75, 3.05) is 54.4 Å². The Hall–Kier alpha value is -3.32.